The van der Waals surface area contributed by atoms with E-state index in [0.29, 0.717) is 28.6 Å². The van der Waals surface area contributed by atoms with Gasteiger partial charge in [-0.2, -0.15) is 0 Å². The van der Waals surface area contributed by atoms with Crippen LogP contribution >= 0.6 is 0 Å². The number of hydrogen-bond donors (Lipinski definition) is 4. The highest BCUT2D eigenvalue weighted by molar-refractivity contribution is 5.97. The Morgan fingerprint density at radius 3 is 2.47 bits per heavy atom. The summed E-state index contributed by atoms with van der Waals surface area (Å²) in [5, 5.41) is 15.6. The van der Waals surface area contributed by atoms with Gasteiger partial charge in [0.15, 0.2) is 17.6 Å². The van der Waals surface area contributed by atoms with Crippen LogP contribution < -0.4 is 16.4 Å². The average molecular weight is 467 g/mol. The number of benzene rings is 2. The van der Waals surface area contributed by atoms with Crippen molar-refractivity contribution in [2.45, 2.75) is 38.3 Å². The third kappa shape index (κ3) is 5.01. The lowest BCUT2D eigenvalue weighted by Gasteiger charge is -2.26. The number of aromatic nitrogens is 2. The van der Waals surface area contributed by atoms with Crippen LogP contribution in [0.15, 0.2) is 42.6 Å². The molecular weight excluding hydrogens is 444 g/mol. The van der Waals surface area contributed by atoms with E-state index in [1.54, 1.807) is 25.1 Å². The molecule has 8 nitrogen and oxygen atoms in total. The van der Waals surface area contributed by atoms with Crippen molar-refractivity contribution in [1.82, 2.24) is 15.3 Å². The number of nitrogens with two attached hydrogens (primary N) is 1. The molecule has 0 aliphatic heterocycles. The molecule has 34 heavy (non-hydrogen) atoms. The first kappa shape index (κ1) is 23.2. The number of amides is 2. The molecule has 3 aromatic rings. The molecule has 10 heteroatoms. The summed E-state index contributed by atoms with van der Waals surface area (Å²) in [6.45, 7) is 1.77. The van der Waals surface area contributed by atoms with E-state index in [4.69, 9.17) is 5.73 Å². The lowest BCUT2D eigenvalue weighted by atomic mass is 9.93. The van der Waals surface area contributed by atoms with Crippen molar-refractivity contribution in [3.05, 3.63) is 71.1 Å². The molecular formula is C24H23F2N5O3. The van der Waals surface area contributed by atoms with Crippen molar-refractivity contribution in [3.8, 4) is 11.3 Å². The highest BCUT2D eigenvalue weighted by Crippen LogP contribution is 2.27. The van der Waals surface area contributed by atoms with E-state index in [1.165, 1.54) is 6.20 Å². The van der Waals surface area contributed by atoms with Crippen molar-refractivity contribution < 1.29 is 23.5 Å². The highest BCUT2D eigenvalue weighted by atomic mass is 19.1. The quantitative estimate of drug-likeness (QED) is 0.440. The maximum Gasteiger partial charge on any atom is 0.273 e. The summed E-state index contributed by atoms with van der Waals surface area (Å²) in [7, 11) is 0. The fraction of sp³-hybridized carbons (Fsp3) is 0.250. The number of carbonyl (C=O) groups excluding carboxylic acids is 2. The molecule has 1 fully saturated rings. The standard InChI is InChI=1S/C24H23F2N5O3/c1-12-7-17(30-24(34)21(32)13-8-14(25)10-15(26)9-13)5-6-18(12)19-11-28-22(27)20(31-19)23(33)29-16-3-2-4-16/h5-11,16,21,32H,2-4H2,1H3,(H2,27,28)(H,29,33)(H,30,34). The van der Waals surface area contributed by atoms with Gasteiger partial charge in [-0.3, -0.25) is 9.59 Å². The number of aliphatic hydroxyl groups is 1. The molecule has 0 spiro atoms. The van der Waals surface area contributed by atoms with Crippen molar-refractivity contribution in [2.24, 2.45) is 0 Å². The average Bonchev–Trinajstić information content (AvgIpc) is 2.75. The summed E-state index contributed by atoms with van der Waals surface area (Å²) in [4.78, 5) is 33.4. The first-order valence-corrected chi connectivity index (χ1v) is 10.7. The number of aryl methyl sites for hydroxylation is 1. The van der Waals surface area contributed by atoms with Gasteiger partial charge < -0.3 is 21.5 Å². The fourth-order valence-corrected chi connectivity index (χ4v) is 3.63. The van der Waals surface area contributed by atoms with Gasteiger partial charge in [-0.15, -0.1) is 0 Å². The molecule has 2 aromatic carbocycles. The van der Waals surface area contributed by atoms with Crippen molar-refractivity contribution in [3.63, 3.8) is 0 Å². The lowest BCUT2D eigenvalue weighted by Crippen LogP contribution is -2.40. The molecule has 5 N–H and O–H groups in total. The van der Waals surface area contributed by atoms with Gasteiger partial charge in [0.1, 0.15) is 11.6 Å². The number of halogens is 2. The zero-order chi connectivity index (χ0) is 24.4. The Bertz CT molecular complexity index is 1240. The second-order valence-electron chi connectivity index (χ2n) is 8.21. The minimum Gasteiger partial charge on any atom is -0.382 e. The number of carbonyl (C=O) groups is 2. The summed E-state index contributed by atoms with van der Waals surface area (Å²) >= 11 is 0. The number of aliphatic hydroxyl groups excluding tert-OH is 1. The Labute approximate surface area is 194 Å². The minimum atomic E-state index is -1.76. The molecule has 1 aliphatic rings. The summed E-state index contributed by atoms with van der Waals surface area (Å²) < 4.78 is 26.8. The Balaban J connectivity index is 1.51. The van der Waals surface area contributed by atoms with E-state index in [1.807, 2.05) is 0 Å². The van der Waals surface area contributed by atoms with Crippen LogP contribution in [0.1, 0.15) is 47.0 Å². The number of anilines is 2. The third-order valence-electron chi connectivity index (χ3n) is 5.68. The maximum absolute atomic E-state index is 13.4. The van der Waals surface area contributed by atoms with Crippen LogP contribution in [0, 0.1) is 18.6 Å². The smallest absolute Gasteiger partial charge is 0.273 e. The largest absolute Gasteiger partial charge is 0.382 e. The second-order valence-corrected chi connectivity index (χ2v) is 8.21. The third-order valence-corrected chi connectivity index (χ3v) is 5.68. The maximum atomic E-state index is 13.4. The molecule has 1 aromatic heterocycles. The van der Waals surface area contributed by atoms with Gasteiger partial charge in [0.2, 0.25) is 0 Å². The number of nitrogens with one attached hydrogen (secondary N) is 2. The van der Waals surface area contributed by atoms with Crippen LogP contribution in [-0.2, 0) is 4.79 Å². The first-order chi connectivity index (χ1) is 16.2. The molecule has 1 aliphatic carbocycles. The number of nitrogen functional groups attached to an aromatic ring is 1. The summed E-state index contributed by atoms with van der Waals surface area (Å²) in [5.41, 5.74) is 7.86. The van der Waals surface area contributed by atoms with Gasteiger partial charge >= 0.3 is 0 Å². The van der Waals surface area contributed by atoms with Gasteiger partial charge in [-0.1, -0.05) is 6.07 Å². The van der Waals surface area contributed by atoms with Crippen LogP contribution in [0.3, 0.4) is 0 Å². The first-order valence-electron chi connectivity index (χ1n) is 10.7. The van der Waals surface area contributed by atoms with Gasteiger partial charge in [0.05, 0.1) is 11.9 Å². The molecule has 1 heterocycles. The molecule has 4 rings (SSSR count). The zero-order valence-corrected chi connectivity index (χ0v) is 18.3. The Kier molecular flexibility index (Phi) is 6.51. The van der Waals surface area contributed by atoms with E-state index in [9.17, 15) is 23.5 Å². The summed E-state index contributed by atoms with van der Waals surface area (Å²) in [6.07, 6.45) is 2.62. The SMILES string of the molecule is Cc1cc(NC(=O)C(O)c2cc(F)cc(F)c2)ccc1-c1cnc(N)c(C(=O)NC2CCC2)n1. The topological polar surface area (TPSA) is 130 Å². The van der Waals surface area contributed by atoms with Gasteiger partial charge in [-0.05, 0) is 61.6 Å². The number of hydrogen-bond acceptors (Lipinski definition) is 6. The number of rotatable bonds is 6. The van der Waals surface area contributed by atoms with E-state index in [-0.39, 0.29) is 29.0 Å². The van der Waals surface area contributed by atoms with E-state index >= 15 is 0 Å². The monoisotopic (exact) mass is 467 g/mol. The second kappa shape index (κ2) is 9.52. The van der Waals surface area contributed by atoms with Gasteiger partial charge in [0.25, 0.3) is 11.8 Å². The predicted octanol–water partition coefficient (Wildman–Crippen LogP) is 3.27. The highest BCUT2D eigenvalue weighted by Gasteiger charge is 2.23. The predicted molar refractivity (Wildman–Crippen MR) is 122 cm³/mol. The Morgan fingerprint density at radius 1 is 1.15 bits per heavy atom. The van der Waals surface area contributed by atoms with Crippen molar-refractivity contribution in [2.75, 3.05) is 11.1 Å². The van der Waals surface area contributed by atoms with Gasteiger partial charge in [0, 0.05) is 23.4 Å². The van der Waals surface area contributed by atoms with Crippen molar-refractivity contribution >= 4 is 23.3 Å². The molecule has 0 bridgehead atoms. The molecule has 1 unspecified atom stereocenters. The molecule has 0 radical (unpaired) electrons. The fourth-order valence-electron chi connectivity index (χ4n) is 3.63. The van der Waals surface area contributed by atoms with Gasteiger partial charge in [-0.25, -0.2) is 18.7 Å². The molecule has 1 saturated carbocycles. The normalized spacial score (nSPS) is 14.2. The van der Waals surface area contributed by atoms with E-state index in [0.717, 1.165) is 31.4 Å². The summed E-state index contributed by atoms with van der Waals surface area (Å²) in [6, 6.07) is 7.44. The zero-order valence-electron chi connectivity index (χ0n) is 18.3. The summed E-state index contributed by atoms with van der Waals surface area (Å²) in [5.74, 6) is -2.98. The minimum absolute atomic E-state index is 0.0323. The molecule has 176 valence electrons. The van der Waals surface area contributed by atoms with Crippen LogP contribution in [-0.4, -0.2) is 32.9 Å². The Morgan fingerprint density at radius 2 is 1.85 bits per heavy atom. The molecule has 2 amide bonds. The molecule has 0 saturated heterocycles. The van der Waals surface area contributed by atoms with Crippen LogP contribution in [0.4, 0.5) is 20.3 Å². The van der Waals surface area contributed by atoms with E-state index in [2.05, 4.69) is 20.6 Å². The lowest BCUT2D eigenvalue weighted by molar-refractivity contribution is -0.124. The Hall–Kier alpha value is -3.92. The van der Waals surface area contributed by atoms with E-state index < -0.39 is 23.6 Å². The molecule has 1 atom stereocenters. The number of nitrogens with zero attached hydrogens (tertiary/aromatic N) is 2. The van der Waals surface area contributed by atoms with Crippen LogP contribution in [0.25, 0.3) is 11.3 Å². The van der Waals surface area contributed by atoms with Crippen LogP contribution in [0.2, 0.25) is 0 Å². The van der Waals surface area contributed by atoms with Crippen molar-refractivity contribution in [1.29, 1.82) is 0 Å². The van der Waals surface area contributed by atoms with Crippen LogP contribution in [0.5, 0.6) is 0 Å².